The summed E-state index contributed by atoms with van der Waals surface area (Å²) in [7, 11) is -0.544. The van der Waals surface area contributed by atoms with Gasteiger partial charge in [-0.05, 0) is 12.5 Å². The van der Waals surface area contributed by atoms with Gasteiger partial charge in [0.05, 0.1) is 0 Å². The average molecular weight is 232 g/mol. The first-order chi connectivity index (χ1) is 7.08. The minimum Gasteiger partial charge on any atom is -0.314 e. The summed E-state index contributed by atoms with van der Waals surface area (Å²) in [5, 5.41) is 3.46. The van der Waals surface area contributed by atoms with Crippen LogP contribution < -0.4 is 5.32 Å². The van der Waals surface area contributed by atoms with Gasteiger partial charge in [0.2, 0.25) is 0 Å². The number of nitrogens with zero attached hydrogens (tertiary/aromatic N) is 1. The average Bonchev–Trinajstić information content (AvgIpc) is 2.19. The minimum absolute atomic E-state index is 0.544. The maximum atomic E-state index is 11.2. The van der Waals surface area contributed by atoms with Crippen LogP contribution in [0.4, 0.5) is 0 Å². The fourth-order valence-corrected chi connectivity index (χ4v) is 2.93. The molecule has 0 aromatic carbocycles. The Morgan fingerprint density at radius 1 is 1.27 bits per heavy atom. The molecule has 0 bridgehead atoms. The van der Waals surface area contributed by atoms with Crippen molar-refractivity contribution in [1.29, 1.82) is 0 Å². The van der Waals surface area contributed by atoms with Crippen molar-refractivity contribution < 1.29 is 4.21 Å². The molecule has 0 saturated carbocycles. The lowest BCUT2D eigenvalue weighted by atomic mass is 10.1. The van der Waals surface area contributed by atoms with E-state index in [0.29, 0.717) is 12.0 Å². The van der Waals surface area contributed by atoms with Crippen LogP contribution in [0.25, 0.3) is 0 Å². The molecule has 1 atom stereocenters. The zero-order chi connectivity index (χ0) is 11.3. The monoisotopic (exact) mass is 232 g/mol. The van der Waals surface area contributed by atoms with Gasteiger partial charge in [0.1, 0.15) is 0 Å². The predicted octanol–water partition coefficient (Wildman–Crippen LogP) is 0.685. The smallest absolute Gasteiger partial charge is 0.0363 e. The molecule has 1 rings (SSSR count). The Morgan fingerprint density at radius 2 is 1.87 bits per heavy atom. The normalized spacial score (nSPS) is 22.1. The highest BCUT2D eigenvalue weighted by Crippen LogP contribution is 2.04. The van der Waals surface area contributed by atoms with E-state index in [9.17, 15) is 4.21 Å². The molecule has 1 aliphatic heterocycles. The molecule has 0 amide bonds. The maximum absolute atomic E-state index is 11.2. The standard InChI is InChI=1S/C11H24N2OS/c1-10(2)12-8-11(3)9-13-4-6-15(14)7-5-13/h10-12H,4-9H2,1-3H3. The largest absolute Gasteiger partial charge is 0.314 e. The van der Waals surface area contributed by atoms with Gasteiger partial charge in [0.25, 0.3) is 0 Å². The Labute approximate surface area is 96.1 Å². The van der Waals surface area contributed by atoms with E-state index in [2.05, 4.69) is 31.0 Å². The van der Waals surface area contributed by atoms with Crippen molar-refractivity contribution in [2.45, 2.75) is 26.8 Å². The zero-order valence-electron chi connectivity index (χ0n) is 10.2. The van der Waals surface area contributed by atoms with E-state index in [1.807, 2.05) is 0 Å². The Kier molecular flexibility index (Phi) is 5.79. The Balaban J connectivity index is 2.14. The first kappa shape index (κ1) is 13.1. The quantitative estimate of drug-likeness (QED) is 0.757. The second-order valence-corrected chi connectivity index (χ2v) is 6.51. The molecule has 0 aromatic heterocycles. The minimum atomic E-state index is -0.544. The second-order valence-electron chi connectivity index (χ2n) is 4.82. The molecule has 1 fully saturated rings. The van der Waals surface area contributed by atoms with Crippen molar-refractivity contribution in [3.63, 3.8) is 0 Å². The molecule has 1 aliphatic rings. The van der Waals surface area contributed by atoms with Crippen molar-refractivity contribution >= 4 is 10.8 Å². The van der Waals surface area contributed by atoms with Crippen molar-refractivity contribution in [3.8, 4) is 0 Å². The summed E-state index contributed by atoms with van der Waals surface area (Å²) in [6, 6.07) is 0.571. The molecule has 1 heterocycles. The number of rotatable bonds is 5. The van der Waals surface area contributed by atoms with Crippen LogP contribution in [0.5, 0.6) is 0 Å². The van der Waals surface area contributed by atoms with Crippen LogP contribution in [0, 0.1) is 5.92 Å². The van der Waals surface area contributed by atoms with Crippen LogP contribution in [0.15, 0.2) is 0 Å². The lowest BCUT2D eigenvalue weighted by molar-refractivity contribution is 0.252. The highest BCUT2D eigenvalue weighted by atomic mass is 32.2. The van der Waals surface area contributed by atoms with Crippen LogP contribution in [0.2, 0.25) is 0 Å². The van der Waals surface area contributed by atoms with Crippen LogP contribution in [0.1, 0.15) is 20.8 Å². The summed E-state index contributed by atoms with van der Waals surface area (Å²) >= 11 is 0. The van der Waals surface area contributed by atoms with Gasteiger partial charge in [-0.25, -0.2) is 0 Å². The van der Waals surface area contributed by atoms with E-state index in [1.165, 1.54) is 0 Å². The van der Waals surface area contributed by atoms with E-state index in [1.54, 1.807) is 0 Å². The summed E-state index contributed by atoms with van der Waals surface area (Å²) < 4.78 is 11.2. The summed E-state index contributed by atoms with van der Waals surface area (Å²) in [6.07, 6.45) is 0. The first-order valence-electron chi connectivity index (χ1n) is 5.88. The van der Waals surface area contributed by atoms with E-state index in [-0.39, 0.29) is 0 Å². The predicted molar refractivity (Wildman–Crippen MR) is 66.6 cm³/mol. The van der Waals surface area contributed by atoms with Gasteiger partial charge in [-0.3, -0.25) is 4.21 Å². The molecule has 3 nitrogen and oxygen atoms in total. The van der Waals surface area contributed by atoms with Crippen LogP contribution in [-0.4, -0.2) is 52.8 Å². The fourth-order valence-electron chi connectivity index (χ4n) is 1.80. The lowest BCUT2D eigenvalue weighted by Crippen LogP contribution is -2.42. The van der Waals surface area contributed by atoms with E-state index in [0.717, 1.165) is 37.7 Å². The zero-order valence-corrected chi connectivity index (χ0v) is 11.0. The molecule has 1 saturated heterocycles. The van der Waals surface area contributed by atoms with Gasteiger partial charge in [-0.1, -0.05) is 20.8 Å². The number of hydrogen-bond donors (Lipinski definition) is 1. The molecule has 90 valence electrons. The topological polar surface area (TPSA) is 32.3 Å². The highest BCUT2D eigenvalue weighted by Gasteiger charge is 2.16. The molecule has 1 unspecified atom stereocenters. The third-order valence-corrected chi connectivity index (χ3v) is 3.99. The molecule has 0 aliphatic carbocycles. The van der Waals surface area contributed by atoms with Gasteiger partial charge in [0, 0.05) is 48.0 Å². The summed E-state index contributed by atoms with van der Waals surface area (Å²) in [4.78, 5) is 2.44. The van der Waals surface area contributed by atoms with Crippen molar-refractivity contribution in [1.82, 2.24) is 10.2 Å². The number of hydrogen-bond acceptors (Lipinski definition) is 3. The molecular weight excluding hydrogens is 208 g/mol. The van der Waals surface area contributed by atoms with Crippen LogP contribution >= 0.6 is 0 Å². The molecule has 0 radical (unpaired) electrons. The number of nitrogens with one attached hydrogen (secondary N) is 1. The fraction of sp³-hybridized carbons (Fsp3) is 1.00. The Morgan fingerprint density at radius 3 is 2.40 bits per heavy atom. The van der Waals surface area contributed by atoms with E-state index >= 15 is 0 Å². The highest BCUT2D eigenvalue weighted by molar-refractivity contribution is 7.85. The van der Waals surface area contributed by atoms with Gasteiger partial charge in [-0.2, -0.15) is 0 Å². The van der Waals surface area contributed by atoms with Crippen molar-refractivity contribution in [3.05, 3.63) is 0 Å². The van der Waals surface area contributed by atoms with Crippen molar-refractivity contribution in [2.24, 2.45) is 5.92 Å². The third-order valence-electron chi connectivity index (χ3n) is 2.71. The first-order valence-corrected chi connectivity index (χ1v) is 7.37. The van der Waals surface area contributed by atoms with Crippen molar-refractivity contribution in [2.75, 3.05) is 37.7 Å². The van der Waals surface area contributed by atoms with Gasteiger partial charge in [0.15, 0.2) is 0 Å². The third kappa shape index (κ3) is 5.64. The molecule has 1 N–H and O–H groups in total. The Bertz CT molecular complexity index is 199. The molecule has 4 heteroatoms. The molecular formula is C11H24N2OS. The van der Waals surface area contributed by atoms with E-state index < -0.39 is 10.8 Å². The van der Waals surface area contributed by atoms with Crippen LogP contribution in [-0.2, 0) is 10.8 Å². The molecule has 0 spiro atoms. The van der Waals surface area contributed by atoms with Crippen LogP contribution in [0.3, 0.4) is 0 Å². The molecule has 15 heavy (non-hydrogen) atoms. The SMILES string of the molecule is CC(CNC(C)C)CN1CCS(=O)CC1. The van der Waals surface area contributed by atoms with E-state index in [4.69, 9.17) is 0 Å². The van der Waals surface area contributed by atoms with Gasteiger partial charge >= 0.3 is 0 Å². The van der Waals surface area contributed by atoms with Gasteiger partial charge in [-0.15, -0.1) is 0 Å². The molecule has 0 aromatic rings. The Hall–Kier alpha value is 0.0700. The maximum Gasteiger partial charge on any atom is 0.0363 e. The summed E-state index contributed by atoms with van der Waals surface area (Å²) in [5.41, 5.74) is 0. The second kappa shape index (κ2) is 6.61. The van der Waals surface area contributed by atoms with Gasteiger partial charge < -0.3 is 10.2 Å². The summed E-state index contributed by atoms with van der Waals surface area (Å²) in [5.74, 6) is 2.41. The summed E-state index contributed by atoms with van der Waals surface area (Å²) in [6.45, 7) is 10.9. The lowest BCUT2D eigenvalue weighted by Gasteiger charge is -2.29.